The van der Waals surface area contributed by atoms with Crippen molar-refractivity contribution in [2.45, 2.75) is 45.3 Å². The number of aliphatic hydroxyl groups is 1. The standard InChI is InChI=1S/C14H21BrFNO/c1-13(2,3)17-9-14(4,18)8-10-5-6-11(15)7-12(10)16/h5-7,17-18H,8-9H2,1-4H3. The summed E-state index contributed by atoms with van der Waals surface area (Å²) in [5.41, 5.74) is -0.511. The highest BCUT2D eigenvalue weighted by Gasteiger charge is 2.24. The zero-order valence-electron chi connectivity index (χ0n) is 11.3. The molecule has 2 nitrogen and oxygen atoms in total. The van der Waals surface area contributed by atoms with E-state index < -0.39 is 5.60 Å². The molecule has 18 heavy (non-hydrogen) atoms. The molecule has 0 aliphatic heterocycles. The van der Waals surface area contributed by atoms with Gasteiger partial charge in [-0.25, -0.2) is 4.39 Å². The number of nitrogens with one attached hydrogen (secondary N) is 1. The normalized spacial score (nSPS) is 15.5. The summed E-state index contributed by atoms with van der Waals surface area (Å²) in [6.07, 6.45) is 0.287. The van der Waals surface area contributed by atoms with Gasteiger partial charge in [0, 0.05) is 23.0 Å². The highest BCUT2D eigenvalue weighted by molar-refractivity contribution is 9.10. The Kier molecular flexibility index (Phi) is 4.92. The molecule has 0 bridgehead atoms. The number of benzene rings is 1. The lowest BCUT2D eigenvalue weighted by molar-refractivity contribution is 0.0526. The fourth-order valence-corrected chi connectivity index (χ4v) is 1.93. The van der Waals surface area contributed by atoms with E-state index in [0.29, 0.717) is 16.6 Å². The van der Waals surface area contributed by atoms with Gasteiger partial charge in [0.1, 0.15) is 5.82 Å². The van der Waals surface area contributed by atoms with Crippen LogP contribution in [0.3, 0.4) is 0 Å². The number of rotatable bonds is 4. The lowest BCUT2D eigenvalue weighted by Gasteiger charge is -2.29. The van der Waals surface area contributed by atoms with Gasteiger partial charge in [-0.3, -0.25) is 0 Å². The zero-order valence-corrected chi connectivity index (χ0v) is 12.9. The monoisotopic (exact) mass is 317 g/mol. The van der Waals surface area contributed by atoms with Crippen LogP contribution in [0.5, 0.6) is 0 Å². The molecular formula is C14H21BrFNO. The number of β-amino-alcohol motifs (C(OH)–C–C–N with tert-alkyl or cyclic N) is 1. The van der Waals surface area contributed by atoms with Crippen molar-refractivity contribution in [3.8, 4) is 0 Å². The van der Waals surface area contributed by atoms with E-state index in [0.717, 1.165) is 0 Å². The second-order valence-electron chi connectivity index (χ2n) is 6.01. The molecule has 2 N–H and O–H groups in total. The number of hydrogen-bond acceptors (Lipinski definition) is 2. The van der Waals surface area contributed by atoms with E-state index in [9.17, 15) is 9.50 Å². The van der Waals surface area contributed by atoms with E-state index in [1.54, 1.807) is 19.1 Å². The molecule has 1 rings (SSSR count). The summed E-state index contributed by atoms with van der Waals surface area (Å²) >= 11 is 3.22. The Bertz CT molecular complexity index is 413. The Morgan fingerprint density at radius 1 is 1.28 bits per heavy atom. The van der Waals surface area contributed by atoms with Gasteiger partial charge in [-0.2, -0.15) is 0 Å². The first-order valence-corrected chi connectivity index (χ1v) is 6.80. The van der Waals surface area contributed by atoms with E-state index in [2.05, 4.69) is 21.2 Å². The summed E-state index contributed by atoms with van der Waals surface area (Å²) in [6, 6.07) is 4.90. The molecule has 102 valence electrons. The molecule has 1 aromatic rings. The van der Waals surface area contributed by atoms with Crippen molar-refractivity contribution in [2.24, 2.45) is 0 Å². The smallest absolute Gasteiger partial charge is 0.127 e. The molecule has 0 spiro atoms. The Morgan fingerprint density at radius 3 is 2.39 bits per heavy atom. The van der Waals surface area contributed by atoms with Crippen molar-refractivity contribution in [1.29, 1.82) is 0 Å². The molecule has 1 unspecified atom stereocenters. The topological polar surface area (TPSA) is 32.3 Å². The lowest BCUT2D eigenvalue weighted by Crippen LogP contribution is -2.47. The maximum Gasteiger partial charge on any atom is 0.127 e. The predicted octanol–water partition coefficient (Wildman–Crippen LogP) is 3.27. The van der Waals surface area contributed by atoms with E-state index in [1.165, 1.54) is 6.07 Å². The van der Waals surface area contributed by atoms with Crippen LogP contribution < -0.4 is 5.32 Å². The maximum atomic E-state index is 13.7. The second-order valence-corrected chi connectivity index (χ2v) is 6.93. The van der Waals surface area contributed by atoms with Crippen LogP contribution >= 0.6 is 15.9 Å². The SMILES string of the molecule is CC(O)(CNC(C)(C)C)Cc1ccc(Br)cc1F. The third-order valence-corrected chi connectivity index (χ3v) is 3.08. The minimum Gasteiger partial charge on any atom is -0.389 e. The quantitative estimate of drug-likeness (QED) is 0.893. The summed E-state index contributed by atoms with van der Waals surface area (Å²) in [4.78, 5) is 0. The molecule has 0 heterocycles. The molecule has 0 aromatic heterocycles. The van der Waals surface area contributed by atoms with Gasteiger partial charge in [0.2, 0.25) is 0 Å². The van der Waals surface area contributed by atoms with Crippen LogP contribution in [-0.2, 0) is 6.42 Å². The van der Waals surface area contributed by atoms with E-state index in [4.69, 9.17) is 0 Å². The average Bonchev–Trinajstić information content (AvgIpc) is 2.19. The van der Waals surface area contributed by atoms with Crippen LogP contribution in [0.1, 0.15) is 33.3 Å². The highest BCUT2D eigenvalue weighted by atomic mass is 79.9. The first-order valence-electron chi connectivity index (χ1n) is 6.00. The first kappa shape index (κ1) is 15.6. The fourth-order valence-electron chi connectivity index (χ4n) is 1.59. The largest absolute Gasteiger partial charge is 0.389 e. The van der Waals surface area contributed by atoms with Gasteiger partial charge in [0.05, 0.1) is 5.60 Å². The summed E-state index contributed by atoms with van der Waals surface area (Å²) < 4.78 is 14.4. The third-order valence-electron chi connectivity index (χ3n) is 2.59. The molecule has 1 aromatic carbocycles. The van der Waals surface area contributed by atoms with Crippen LogP contribution in [0.4, 0.5) is 4.39 Å². The third kappa shape index (κ3) is 5.46. The van der Waals surface area contributed by atoms with Crippen molar-refractivity contribution in [1.82, 2.24) is 5.32 Å². The molecule has 0 fully saturated rings. The minimum absolute atomic E-state index is 0.0672. The van der Waals surface area contributed by atoms with Gasteiger partial charge in [-0.05, 0) is 45.4 Å². The molecule has 4 heteroatoms. The predicted molar refractivity (Wildman–Crippen MR) is 76.2 cm³/mol. The summed E-state index contributed by atoms with van der Waals surface area (Å²) in [7, 11) is 0. The van der Waals surface area contributed by atoms with Crippen molar-refractivity contribution in [3.63, 3.8) is 0 Å². The Balaban J connectivity index is 2.70. The average molecular weight is 318 g/mol. The maximum absolute atomic E-state index is 13.7. The van der Waals surface area contributed by atoms with E-state index in [1.807, 2.05) is 20.8 Å². The van der Waals surface area contributed by atoms with Gasteiger partial charge in [-0.15, -0.1) is 0 Å². The van der Waals surface area contributed by atoms with Gasteiger partial charge in [0.25, 0.3) is 0 Å². The van der Waals surface area contributed by atoms with Crippen molar-refractivity contribution in [2.75, 3.05) is 6.54 Å². The Hall–Kier alpha value is -0.450. The summed E-state index contributed by atoms with van der Waals surface area (Å²) in [5.74, 6) is -0.291. The van der Waals surface area contributed by atoms with Gasteiger partial charge in [0.15, 0.2) is 0 Å². The fraction of sp³-hybridized carbons (Fsp3) is 0.571. The molecule has 0 aliphatic rings. The Labute approximate surface area is 117 Å². The molecular weight excluding hydrogens is 297 g/mol. The van der Waals surface area contributed by atoms with Gasteiger partial charge in [-0.1, -0.05) is 22.0 Å². The molecule has 0 amide bonds. The molecule has 0 aliphatic carbocycles. The minimum atomic E-state index is -0.970. The van der Waals surface area contributed by atoms with Crippen LogP contribution in [-0.4, -0.2) is 22.8 Å². The molecule has 1 atom stereocenters. The highest BCUT2D eigenvalue weighted by Crippen LogP contribution is 2.20. The van der Waals surface area contributed by atoms with Crippen LogP contribution in [0, 0.1) is 5.82 Å². The van der Waals surface area contributed by atoms with Crippen molar-refractivity contribution in [3.05, 3.63) is 34.1 Å². The van der Waals surface area contributed by atoms with E-state index >= 15 is 0 Å². The molecule has 0 radical (unpaired) electrons. The second kappa shape index (κ2) is 5.68. The lowest BCUT2D eigenvalue weighted by atomic mass is 9.95. The van der Waals surface area contributed by atoms with Crippen molar-refractivity contribution >= 4 is 15.9 Å². The molecule has 0 saturated carbocycles. The van der Waals surface area contributed by atoms with Crippen LogP contribution in [0.15, 0.2) is 22.7 Å². The molecule has 0 saturated heterocycles. The van der Waals surface area contributed by atoms with Crippen molar-refractivity contribution < 1.29 is 9.50 Å². The number of hydrogen-bond donors (Lipinski definition) is 2. The number of halogens is 2. The van der Waals surface area contributed by atoms with Gasteiger partial charge < -0.3 is 10.4 Å². The van der Waals surface area contributed by atoms with E-state index in [-0.39, 0.29) is 17.8 Å². The summed E-state index contributed by atoms with van der Waals surface area (Å²) in [6.45, 7) is 8.23. The summed E-state index contributed by atoms with van der Waals surface area (Å²) in [5, 5.41) is 13.5. The van der Waals surface area contributed by atoms with Crippen LogP contribution in [0.2, 0.25) is 0 Å². The Morgan fingerprint density at radius 2 is 1.89 bits per heavy atom. The first-order chi connectivity index (χ1) is 8.09. The zero-order chi connectivity index (χ0) is 14.0. The van der Waals surface area contributed by atoms with Crippen LogP contribution in [0.25, 0.3) is 0 Å². The van der Waals surface area contributed by atoms with Gasteiger partial charge >= 0.3 is 0 Å².